The largest absolute Gasteiger partial charge is 0.383 e. The molecule has 2 heterocycles. The van der Waals surface area contributed by atoms with Crippen LogP contribution in [0.5, 0.6) is 0 Å². The topological polar surface area (TPSA) is 93.4 Å². The van der Waals surface area contributed by atoms with Crippen LogP contribution >= 0.6 is 0 Å². The molecule has 1 aliphatic rings. The van der Waals surface area contributed by atoms with Gasteiger partial charge in [-0.05, 0) is 49.5 Å². The minimum absolute atomic E-state index is 0.296. The second-order valence-corrected chi connectivity index (χ2v) is 8.84. The lowest BCUT2D eigenvalue weighted by molar-refractivity contribution is 0.0620. The zero-order valence-corrected chi connectivity index (χ0v) is 16.8. The van der Waals surface area contributed by atoms with Gasteiger partial charge >= 0.3 is 0 Å². The molecule has 0 aliphatic carbocycles. The molecule has 1 saturated heterocycles. The summed E-state index contributed by atoms with van der Waals surface area (Å²) in [5, 5.41) is 12.2. The number of benzene rings is 1. The Hall–Kier alpha value is -1.88. The third-order valence-electron chi connectivity index (χ3n) is 5.13. The van der Waals surface area contributed by atoms with Crippen LogP contribution in [0.4, 0.5) is 0 Å². The summed E-state index contributed by atoms with van der Waals surface area (Å²) in [7, 11) is 1.92. The first-order valence-electron chi connectivity index (χ1n) is 8.90. The Kier molecular flexibility index (Phi) is 5.89. The van der Waals surface area contributed by atoms with E-state index in [-0.39, 0.29) is 0 Å². The first-order valence-corrected chi connectivity index (χ1v) is 10.3. The van der Waals surface area contributed by atoms with Crippen LogP contribution in [0, 0.1) is 0 Å². The van der Waals surface area contributed by atoms with Gasteiger partial charge in [0.2, 0.25) is 10.0 Å². The Morgan fingerprint density at radius 1 is 1.26 bits per heavy atom. The van der Waals surface area contributed by atoms with Gasteiger partial charge in [0.1, 0.15) is 0 Å². The highest BCUT2D eigenvalue weighted by Gasteiger charge is 2.46. The summed E-state index contributed by atoms with van der Waals surface area (Å²) in [4.78, 5) is 2.33. The van der Waals surface area contributed by atoms with Gasteiger partial charge in [0, 0.05) is 20.2 Å². The predicted molar refractivity (Wildman–Crippen MR) is 99.5 cm³/mol. The van der Waals surface area contributed by atoms with Crippen molar-refractivity contribution in [3.8, 4) is 0 Å². The van der Waals surface area contributed by atoms with Crippen LogP contribution in [-0.4, -0.2) is 78.7 Å². The molecule has 0 saturated carbocycles. The highest BCUT2D eigenvalue weighted by atomic mass is 32.2. The van der Waals surface area contributed by atoms with E-state index in [0.29, 0.717) is 37.0 Å². The van der Waals surface area contributed by atoms with Crippen LogP contribution in [0.25, 0.3) is 0 Å². The molecule has 27 heavy (non-hydrogen) atoms. The molecule has 0 radical (unpaired) electrons. The van der Waals surface area contributed by atoms with Crippen molar-refractivity contribution in [2.45, 2.75) is 29.8 Å². The maximum absolute atomic E-state index is 13.2. The van der Waals surface area contributed by atoms with E-state index in [2.05, 4.69) is 15.5 Å². The van der Waals surface area contributed by atoms with E-state index in [1.165, 1.54) is 0 Å². The number of sulfonamides is 1. The molecule has 0 bridgehead atoms. The smallest absolute Gasteiger partial charge is 0.243 e. The highest BCUT2D eigenvalue weighted by molar-refractivity contribution is 7.89. The molecule has 0 N–H and O–H groups in total. The van der Waals surface area contributed by atoms with Crippen LogP contribution in [0.1, 0.15) is 18.7 Å². The number of aromatic nitrogens is 4. The number of hydrogen-bond donors (Lipinski definition) is 0. The average Bonchev–Trinajstić information content (AvgIpc) is 3.16. The van der Waals surface area contributed by atoms with Crippen molar-refractivity contribution in [3.63, 3.8) is 0 Å². The first-order chi connectivity index (χ1) is 12.9. The maximum Gasteiger partial charge on any atom is 0.243 e. The van der Waals surface area contributed by atoms with Crippen molar-refractivity contribution >= 4 is 10.0 Å². The Balaban J connectivity index is 1.97. The summed E-state index contributed by atoms with van der Waals surface area (Å²) in [6.07, 6.45) is 1.50. The standard InChI is InChI=1S/C17H26N6O3S/c1-21(2)17(16-18-19-20-23(16)12-13-26-3)10-7-11-22(14-17)27(24,25)15-8-5-4-6-9-15/h4-6,8-9H,7,10-14H2,1-3H3. The number of rotatable bonds is 7. The van der Waals surface area contributed by atoms with E-state index >= 15 is 0 Å². The fraction of sp³-hybridized carbons (Fsp3) is 0.588. The predicted octanol–water partition coefficient (Wildman–Crippen LogP) is 0.561. The number of ether oxygens (including phenoxy) is 1. The van der Waals surface area contributed by atoms with Gasteiger partial charge in [-0.25, -0.2) is 13.1 Å². The van der Waals surface area contributed by atoms with Crippen LogP contribution in [0.15, 0.2) is 35.2 Å². The normalized spacial score (nSPS) is 21.6. The molecule has 3 rings (SSSR count). The van der Waals surface area contributed by atoms with E-state index < -0.39 is 15.6 Å². The molecule has 1 atom stereocenters. The number of methoxy groups -OCH3 is 1. The second kappa shape index (κ2) is 8.01. The van der Waals surface area contributed by atoms with Crippen LogP contribution in [0.2, 0.25) is 0 Å². The molecule has 1 fully saturated rings. The molecule has 148 valence electrons. The van der Waals surface area contributed by atoms with Crippen molar-refractivity contribution in [2.75, 3.05) is 40.9 Å². The second-order valence-electron chi connectivity index (χ2n) is 6.90. The molecule has 2 aromatic rings. The molecule has 1 unspecified atom stereocenters. The Bertz CT molecular complexity index is 855. The number of hydrogen-bond acceptors (Lipinski definition) is 7. The van der Waals surface area contributed by atoms with Gasteiger partial charge in [0.15, 0.2) is 5.82 Å². The van der Waals surface area contributed by atoms with Crippen molar-refractivity contribution in [1.29, 1.82) is 0 Å². The van der Waals surface area contributed by atoms with Gasteiger partial charge in [-0.2, -0.15) is 4.31 Å². The van der Waals surface area contributed by atoms with Crippen LogP contribution in [-0.2, 0) is 26.8 Å². The lowest BCUT2D eigenvalue weighted by Crippen LogP contribution is -2.56. The summed E-state index contributed by atoms with van der Waals surface area (Å²) < 4.78 is 34.7. The van der Waals surface area contributed by atoms with Gasteiger partial charge in [0.05, 0.1) is 23.6 Å². The lowest BCUT2D eigenvalue weighted by Gasteiger charge is -2.45. The van der Waals surface area contributed by atoms with E-state index in [9.17, 15) is 8.42 Å². The number of likely N-dealkylation sites (N-methyl/N-ethyl adjacent to an activating group) is 1. The van der Waals surface area contributed by atoms with Crippen LogP contribution in [0.3, 0.4) is 0 Å². The SMILES string of the molecule is COCCn1nnnc1C1(N(C)C)CCCN(S(=O)(=O)c2ccccc2)C1. The Morgan fingerprint density at radius 2 is 2.00 bits per heavy atom. The number of nitrogens with zero attached hydrogens (tertiary/aromatic N) is 6. The summed E-state index contributed by atoms with van der Waals surface area (Å²) in [5.41, 5.74) is -0.600. The summed E-state index contributed by atoms with van der Waals surface area (Å²) in [6, 6.07) is 8.54. The number of tetrazole rings is 1. The zero-order chi connectivity index (χ0) is 19.5. The minimum Gasteiger partial charge on any atom is -0.383 e. The number of piperidine rings is 1. The van der Waals surface area contributed by atoms with Crippen LogP contribution < -0.4 is 0 Å². The molecule has 9 nitrogen and oxygen atoms in total. The maximum atomic E-state index is 13.2. The molecule has 0 spiro atoms. The summed E-state index contributed by atoms with van der Waals surface area (Å²) >= 11 is 0. The van der Waals surface area contributed by atoms with Gasteiger partial charge in [0.25, 0.3) is 0 Å². The van der Waals surface area contributed by atoms with Gasteiger partial charge in [-0.15, -0.1) is 5.10 Å². The highest BCUT2D eigenvalue weighted by Crippen LogP contribution is 2.36. The van der Waals surface area contributed by atoms with E-state index in [1.807, 2.05) is 25.1 Å². The van der Waals surface area contributed by atoms with Gasteiger partial charge < -0.3 is 4.74 Å². The average molecular weight is 395 g/mol. The fourth-order valence-corrected chi connectivity index (χ4v) is 5.11. The van der Waals surface area contributed by atoms with E-state index in [4.69, 9.17) is 4.74 Å². The molecule has 1 aromatic carbocycles. The van der Waals surface area contributed by atoms with Crippen molar-refractivity contribution in [3.05, 3.63) is 36.2 Å². The van der Waals surface area contributed by atoms with Crippen molar-refractivity contribution in [1.82, 2.24) is 29.4 Å². The molecule has 0 amide bonds. The lowest BCUT2D eigenvalue weighted by atomic mass is 9.88. The molecule has 10 heteroatoms. The molecular formula is C17H26N6O3S. The van der Waals surface area contributed by atoms with Gasteiger partial charge in [-0.1, -0.05) is 18.2 Å². The Morgan fingerprint density at radius 3 is 2.67 bits per heavy atom. The van der Waals surface area contributed by atoms with E-state index in [0.717, 1.165) is 12.8 Å². The Labute approximate surface area is 160 Å². The third kappa shape index (κ3) is 3.75. The fourth-order valence-electron chi connectivity index (χ4n) is 3.56. The quantitative estimate of drug-likeness (QED) is 0.677. The molecular weight excluding hydrogens is 368 g/mol. The van der Waals surface area contributed by atoms with Crippen molar-refractivity contribution < 1.29 is 13.2 Å². The molecule has 1 aliphatic heterocycles. The molecule has 1 aromatic heterocycles. The third-order valence-corrected chi connectivity index (χ3v) is 6.99. The van der Waals surface area contributed by atoms with Gasteiger partial charge in [-0.3, -0.25) is 4.90 Å². The minimum atomic E-state index is -3.58. The summed E-state index contributed by atoms with van der Waals surface area (Å²) in [5.74, 6) is 0.664. The monoisotopic (exact) mass is 394 g/mol. The summed E-state index contributed by atoms with van der Waals surface area (Å²) in [6.45, 7) is 1.77. The van der Waals surface area contributed by atoms with Crippen molar-refractivity contribution in [2.24, 2.45) is 0 Å². The van der Waals surface area contributed by atoms with E-state index in [1.54, 1.807) is 40.4 Å². The zero-order valence-electron chi connectivity index (χ0n) is 15.9. The first kappa shape index (κ1) is 19.9.